The highest BCUT2D eigenvalue weighted by Crippen LogP contribution is 2.23. The fourth-order valence-corrected chi connectivity index (χ4v) is 4.28. The number of hydrogen-bond donors (Lipinski definition) is 1. The zero-order valence-electron chi connectivity index (χ0n) is 19.2. The SMILES string of the molecule is CCNC(=O)[C@H](CC)N(Cc1cccc(OC)c1)C(=O)CN(c1ccccc1F)S(C)(=O)=O. The second-order valence-electron chi connectivity index (χ2n) is 7.41. The van der Waals surface area contributed by atoms with Crippen molar-refractivity contribution in [3.8, 4) is 5.75 Å². The average Bonchev–Trinajstić information content (AvgIpc) is 2.77. The molecule has 2 aromatic rings. The van der Waals surface area contributed by atoms with Crippen molar-refractivity contribution >= 4 is 27.5 Å². The largest absolute Gasteiger partial charge is 0.497 e. The van der Waals surface area contributed by atoms with Gasteiger partial charge in [0.2, 0.25) is 21.8 Å². The summed E-state index contributed by atoms with van der Waals surface area (Å²) in [5.74, 6) is -1.18. The van der Waals surface area contributed by atoms with Crippen molar-refractivity contribution < 1.29 is 27.1 Å². The molecule has 10 heteroatoms. The lowest BCUT2D eigenvalue weighted by molar-refractivity contribution is -0.140. The quantitative estimate of drug-likeness (QED) is 0.534. The minimum atomic E-state index is -3.99. The number of halogens is 1. The summed E-state index contributed by atoms with van der Waals surface area (Å²) in [4.78, 5) is 27.5. The summed E-state index contributed by atoms with van der Waals surface area (Å²) in [7, 11) is -2.47. The van der Waals surface area contributed by atoms with Crippen LogP contribution in [0.1, 0.15) is 25.8 Å². The standard InChI is InChI=1S/C23H30FN3O5S/c1-5-20(23(29)25-6-2)26(15-17-10-9-11-18(14-17)32-3)22(28)16-27(33(4,30)31)21-13-8-7-12-19(21)24/h7-14,20H,5-6,15-16H2,1-4H3,(H,25,29)/t20-/m0/s1. The van der Waals surface area contributed by atoms with Crippen LogP contribution in [0.5, 0.6) is 5.75 Å². The van der Waals surface area contributed by atoms with Crippen LogP contribution in [0.3, 0.4) is 0 Å². The number of nitrogens with one attached hydrogen (secondary N) is 1. The summed E-state index contributed by atoms with van der Waals surface area (Å²) in [5, 5.41) is 2.72. The predicted octanol–water partition coefficient (Wildman–Crippen LogP) is 2.54. The summed E-state index contributed by atoms with van der Waals surface area (Å²) in [6.07, 6.45) is 1.21. The van der Waals surface area contributed by atoms with Crippen LogP contribution in [0.2, 0.25) is 0 Å². The number of rotatable bonds is 11. The highest BCUT2D eigenvalue weighted by Gasteiger charge is 2.32. The van der Waals surface area contributed by atoms with E-state index in [1.54, 1.807) is 38.1 Å². The lowest BCUT2D eigenvalue weighted by atomic mass is 10.1. The van der Waals surface area contributed by atoms with E-state index in [-0.39, 0.29) is 18.1 Å². The molecule has 0 spiro atoms. The minimum Gasteiger partial charge on any atom is -0.497 e. The minimum absolute atomic E-state index is 0.0422. The molecule has 180 valence electrons. The topological polar surface area (TPSA) is 96.0 Å². The number of amides is 2. The summed E-state index contributed by atoms with van der Waals surface area (Å²) >= 11 is 0. The summed E-state index contributed by atoms with van der Waals surface area (Å²) < 4.78 is 45.3. The number of benzene rings is 2. The molecule has 0 saturated carbocycles. The van der Waals surface area contributed by atoms with Crippen LogP contribution in [0.15, 0.2) is 48.5 Å². The van der Waals surface area contributed by atoms with Crippen molar-refractivity contribution in [2.75, 3.05) is 30.8 Å². The molecule has 0 aliphatic rings. The first-order valence-electron chi connectivity index (χ1n) is 10.5. The molecule has 0 saturated heterocycles. The lowest BCUT2D eigenvalue weighted by Crippen LogP contribution is -2.52. The van der Waals surface area contributed by atoms with E-state index in [9.17, 15) is 22.4 Å². The van der Waals surface area contributed by atoms with Gasteiger partial charge in [-0.2, -0.15) is 0 Å². The number of likely N-dealkylation sites (N-methyl/N-ethyl adjacent to an activating group) is 1. The smallest absolute Gasteiger partial charge is 0.244 e. The van der Waals surface area contributed by atoms with Crippen LogP contribution in [0.25, 0.3) is 0 Å². The van der Waals surface area contributed by atoms with Gasteiger partial charge in [-0.1, -0.05) is 31.2 Å². The third-order valence-corrected chi connectivity index (χ3v) is 6.15. The fourth-order valence-electron chi connectivity index (χ4n) is 3.43. The van der Waals surface area contributed by atoms with E-state index in [4.69, 9.17) is 4.74 Å². The Morgan fingerprint density at radius 2 is 1.82 bits per heavy atom. The molecule has 2 aromatic carbocycles. The number of nitrogens with zero attached hydrogens (tertiary/aromatic N) is 2. The Bertz CT molecular complexity index is 1080. The number of anilines is 1. The number of para-hydroxylation sites is 1. The summed E-state index contributed by atoms with van der Waals surface area (Å²) in [6, 6.07) is 11.5. The molecule has 0 aromatic heterocycles. The van der Waals surface area contributed by atoms with E-state index in [1.807, 2.05) is 0 Å². The molecule has 1 atom stereocenters. The molecule has 0 heterocycles. The highest BCUT2D eigenvalue weighted by atomic mass is 32.2. The maximum Gasteiger partial charge on any atom is 0.244 e. The monoisotopic (exact) mass is 479 g/mol. The Labute approximate surface area is 194 Å². The van der Waals surface area contributed by atoms with Gasteiger partial charge >= 0.3 is 0 Å². The van der Waals surface area contributed by atoms with Crippen molar-refractivity contribution in [1.82, 2.24) is 10.2 Å². The zero-order chi connectivity index (χ0) is 24.6. The second kappa shape index (κ2) is 11.6. The molecule has 0 fully saturated rings. The fraction of sp³-hybridized carbons (Fsp3) is 0.391. The van der Waals surface area contributed by atoms with Gasteiger partial charge in [0.25, 0.3) is 0 Å². The van der Waals surface area contributed by atoms with Crippen molar-refractivity contribution in [2.45, 2.75) is 32.9 Å². The van der Waals surface area contributed by atoms with Gasteiger partial charge in [-0.05, 0) is 43.2 Å². The van der Waals surface area contributed by atoms with Gasteiger partial charge in [-0.3, -0.25) is 13.9 Å². The van der Waals surface area contributed by atoms with E-state index in [2.05, 4.69) is 5.32 Å². The van der Waals surface area contributed by atoms with Gasteiger partial charge in [0.15, 0.2) is 0 Å². The molecule has 0 bridgehead atoms. The maximum atomic E-state index is 14.4. The molecule has 2 amide bonds. The van der Waals surface area contributed by atoms with Gasteiger partial charge in [0.05, 0.1) is 19.1 Å². The molecule has 0 unspecified atom stereocenters. The van der Waals surface area contributed by atoms with E-state index in [0.717, 1.165) is 12.3 Å². The van der Waals surface area contributed by atoms with E-state index in [1.165, 1.54) is 30.2 Å². The number of sulfonamides is 1. The predicted molar refractivity (Wildman–Crippen MR) is 125 cm³/mol. The number of methoxy groups -OCH3 is 1. The van der Waals surface area contributed by atoms with Crippen molar-refractivity contribution in [3.63, 3.8) is 0 Å². The number of ether oxygens (including phenoxy) is 1. The Kier molecular flexibility index (Phi) is 9.22. The first-order valence-corrected chi connectivity index (χ1v) is 12.4. The third-order valence-electron chi connectivity index (χ3n) is 5.02. The molecule has 1 N–H and O–H groups in total. The number of carbonyl (C=O) groups is 2. The Hall–Kier alpha value is -3.14. The maximum absolute atomic E-state index is 14.4. The van der Waals surface area contributed by atoms with Gasteiger partial charge in [-0.25, -0.2) is 12.8 Å². The zero-order valence-corrected chi connectivity index (χ0v) is 20.1. The normalized spacial score (nSPS) is 12.0. The molecular formula is C23H30FN3O5S. The molecule has 0 aliphatic carbocycles. The number of carbonyl (C=O) groups excluding carboxylic acids is 2. The Morgan fingerprint density at radius 3 is 2.39 bits per heavy atom. The molecule has 8 nitrogen and oxygen atoms in total. The lowest BCUT2D eigenvalue weighted by Gasteiger charge is -2.32. The first-order chi connectivity index (χ1) is 15.6. The molecule has 0 radical (unpaired) electrons. The van der Waals surface area contributed by atoms with Crippen LogP contribution >= 0.6 is 0 Å². The summed E-state index contributed by atoms with van der Waals surface area (Å²) in [5.41, 5.74) is 0.461. The van der Waals surface area contributed by atoms with Gasteiger partial charge in [0, 0.05) is 13.1 Å². The molecule has 33 heavy (non-hydrogen) atoms. The number of hydrogen-bond acceptors (Lipinski definition) is 5. The molecular weight excluding hydrogens is 449 g/mol. The van der Waals surface area contributed by atoms with Crippen LogP contribution < -0.4 is 14.4 Å². The van der Waals surface area contributed by atoms with Gasteiger partial charge in [0.1, 0.15) is 24.2 Å². The van der Waals surface area contributed by atoms with Crippen molar-refractivity contribution in [3.05, 3.63) is 59.9 Å². The first kappa shape index (κ1) is 26.1. The van der Waals surface area contributed by atoms with Gasteiger partial charge < -0.3 is 15.0 Å². The van der Waals surface area contributed by atoms with Crippen LogP contribution in [0.4, 0.5) is 10.1 Å². The molecule has 2 rings (SSSR count). The van der Waals surface area contributed by atoms with E-state index < -0.39 is 34.3 Å². The summed E-state index contributed by atoms with van der Waals surface area (Å²) in [6.45, 7) is 3.29. The van der Waals surface area contributed by atoms with E-state index in [0.29, 0.717) is 28.6 Å². The Morgan fingerprint density at radius 1 is 1.12 bits per heavy atom. The Balaban J connectivity index is 2.46. The third kappa shape index (κ3) is 6.92. The van der Waals surface area contributed by atoms with Gasteiger partial charge in [-0.15, -0.1) is 0 Å². The van der Waals surface area contributed by atoms with E-state index >= 15 is 0 Å². The highest BCUT2D eigenvalue weighted by molar-refractivity contribution is 7.92. The second-order valence-corrected chi connectivity index (χ2v) is 9.32. The van der Waals surface area contributed by atoms with Crippen LogP contribution in [-0.2, 0) is 26.2 Å². The van der Waals surface area contributed by atoms with Crippen molar-refractivity contribution in [2.24, 2.45) is 0 Å². The van der Waals surface area contributed by atoms with Crippen molar-refractivity contribution in [1.29, 1.82) is 0 Å². The average molecular weight is 480 g/mol. The molecule has 0 aliphatic heterocycles. The van der Waals surface area contributed by atoms with Crippen LogP contribution in [-0.4, -0.2) is 57.6 Å². The van der Waals surface area contributed by atoms with Crippen LogP contribution in [0, 0.1) is 5.82 Å².